The lowest BCUT2D eigenvalue weighted by atomic mass is 9.74. The average Bonchev–Trinajstić information content (AvgIpc) is 3.28. The van der Waals surface area contributed by atoms with Crippen molar-refractivity contribution in [2.24, 2.45) is 0 Å². The lowest BCUT2D eigenvalue weighted by Crippen LogP contribution is -2.40. The number of nitrogens with zero attached hydrogens (tertiary/aromatic N) is 1. The zero-order valence-electron chi connectivity index (χ0n) is 22.2. The molecule has 0 bridgehead atoms. The van der Waals surface area contributed by atoms with Gasteiger partial charge < -0.3 is 9.84 Å². The number of fused-ring (bicyclic) bond motifs is 2. The number of aryl methyl sites for hydroxylation is 1. The first-order chi connectivity index (χ1) is 18.5. The van der Waals surface area contributed by atoms with E-state index in [0.29, 0.717) is 6.61 Å². The second-order valence-electron chi connectivity index (χ2n) is 10.5. The second kappa shape index (κ2) is 11.3. The molecule has 0 amide bonds. The standard InChI is InChI=1S/C34H35NO3/c1-3-6-29(22-33(36)37)27-11-13-31(14-12-27)38-24-26-9-10-30(25(2)21-26)23-35-19-17-34(18-20-35)16-15-28-7-4-5-8-32(28)34/h4-5,7-16,21,29H,17-20,22-24H2,1-2H3,(H,36,37). The molecule has 1 fully saturated rings. The van der Waals surface area contributed by atoms with Gasteiger partial charge in [-0.1, -0.05) is 72.7 Å². The quantitative estimate of drug-likeness (QED) is 0.346. The molecule has 1 saturated heterocycles. The number of aliphatic carboxylic acids is 1. The molecular weight excluding hydrogens is 470 g/mol. The van der Waals surface area contributed by atoms with E-state index in [4.69, 9.17) is 9.84 Å². The number of piperidine rings is 1. The van der Waals surface area contributed by atoms with Crippen LogP contribution in [0.25, 0.3) is 6.08 Å². The molecule has 1 spiro atoms. The predicted octanol–water partition coefficient (Wildman–Crippen LogP) is 6.72. The average molecular weight is 506 g/mol. The number of likely N-dealkylation sites (tertiary alicyclic amines) is 1. The molecule has 1 atom stereocenters. The van der Waals surface area contributed by atoms with Gasteiger partial charge >= 0.3 is 5.97 Å². The SMILES string of the molecule is CC#CC(CC(=O)O)c1ccc(OCc2ccc(CN3CCC4(C=Cc5ccccc54)CC3)c(C)c2)cc1. The number of carboxylic acids is 1. The maximum absolute atomic E-state index is 11.1. The number of benzene rings is 3. The maximum atomic E-state index is 11.1. The third kappa shape index (κ3) is 5.69. The van der Waals surface area contributed by atoms with Gasteiger partial charge in [0, 0.05) is 12.0 Å². The lowest BCUT2D eigenvalue weighted by Gasteiger charge is -2.39. The smallest absolute Gasteiger partial charge is 0.304 e. The Balaban J connectivity index is 1.15. The van der Waals surface area contributed by atoms with Crippen LogP contribution in [0.15, 0.2) is 72.8 Å². The van der Waals surface area contributed by atoms with Crippen molar-refractivity contribution in [3.63, 3.8) is 0 Å². The van der Waals surface area contributed by atoms with Crippen LogP contribution in [0.1, 0.15) is 65.5 Å². The highest BCUT2D eigenvalue weighted by molar-refractivity contribution is 5.69. The van der Waals surface area contributed by atoms with E-state index < -0.39 is 5.97 Å². The van der Waals surface area contributed by atoms with Crippen LogP contribution in [-0.4, -0.2) is 29.1 Å². The summed E-state index contributed by atoms with van der Waals surface area (Å²) in [6.07, 6.45) is 7.09. The van der Waals surface area contributed by atoms with E-state index >= 15 is 0 Å². The maximum Gasteiger partial charge on any atom is 0.304 e. The van der Waals surface area contributed by atoms with Crippen molar-refractivity contribution in [1.29, 1.82) is 0 Å². The number of hydrogen-bond acceptors (Lipinski definition) is 3. The Morgan fingerprint density at radius 1 is 1.08 bits per heavy atom. The summed E-state index contributed by atoms with van der Waals surface area (Å²) in [4.78, 5) is 13.7. The first-order valence-electron chi connectivity index (χ1n) is 13.4. The molecule has 3 aromatic rings. The van der Waals surface area contributed by atoms with Crippen molar-refractivity contribution in [2.75, 3.05) is 13.1 Å². The van der Waals surface area contributed by atoms with Crippen molar-refractivity contribution in [1.82, 2.24) is 4.90 Å². The first-order valence-corrected chi connectivity index (χ1v) is 13.4. The second-order valence-corrected chi connectivity index (χ2v) is 10.5. The van der Waals surface area contributed by atoms with Crippen LogP contribution in [0.5, 0.6) is 5.75 Å². The van der Waals surface area contributed by atoms with Crippen molar-refractivity contribution >= 4 is 12.0 Å². The van der Waals surface area contributed by atoms with Crippen molar-refractivity contribution in [2.45, 2.75) is 57.6 Å². The Hall–Kier alpha value is -3.81. The summed E-state index contributed by atoms with van der Waals surface area (Å²) in [5, 5.41) is 9.15. The Bertz CT molecular complexity index is 1390. The molecule has 5 rings (SSSR count). The molecule has 1 heterocycles. The Morgan fingerprint density at radius 2 is 1.84 bits per heavy atom. The molecule has 2 aliphatic rings. The molecular formula is C34H35NO3. The summed E-state index contributed by atoms with van der Waals surface area (Å²) in [6.45, 7) is 7.60. The highest BCUT2D eigenvalue weighted by Gasteiger charge is 2.37. The van der Waals surface area contributed by atoms with Crippen LogP contribution >= 0.6 is 0 Å². The minimum atomic E-state index is -0.849. The van der Waals surface area contributed by atoms with Gasteiger partial charge in [0.2, 0.25) is 0 Å². The van der Waals surface area contributed by atoms with E-state index in [0.717, 1.165) is 36.5 Å². The normalized spacial score (nSPS) is 16.5. The van der Waals surface area contributed by atoms with Gasteiger partial charge in [-0.15, -0.1) is 5.92 Å². The van der Waals surface area contributed by atoms with E-state index in [1.807, 2.05) is 24.3 Å². The molecule has 3 aromatic carbocycles. The highest BCUT2D eigenvalue weighted by atomic mass is 16.5. The largest absolute Gasteiger partial charge is 0.489 e. The fraction of sp³-hybridized carbons (Fsp3) is 0.324. The van der Waals surface area contributed by atoms with Crippen molar-refractivity contribution in [3.05, 3.63) is 106 Å². The van der Waals surface area contributed by atoms with E-state index in [9.17, 15) is 4.79 Å². The fourth-order valence-corrected chi connectivity index (χ4v) is 5.81. The summed E-state index contributed by atoms with van der Waals surface area (Å²) >= 11 is 0. The molecule has 1 N–H and O–H groups in total. The molecule has 194 valence electrons. The highest BCUT2D eigenvalue weighted by Crippen LogP contribution is 2.43. The monoisotopic (exact) mass is 505 g/mol. The van der Waals surface area contributed by atoms with Gasteiger partial charge in [-0.25, -0.2) is 0 Å². The molecule has 38 heavy (non-hydrogen) atoms. The van der Waals surface area contributed by atoms with Gasteiger partial charge in [-0.2, -0.15) is 0 Å². The molecule has 0 saturated carbocycles. The third-order valence-electron chi connectivity index (χ3n) is 8.01. The Labute approximate surface area is 226 Å². The van der Waals surface area contributed by atoms with Gasteiger partial charge in [0.1, 0.15) is 12.4 Å². The summed E-state index contributed by atoms with van der Waals surface area (Å²) in [6, 6.07) is 23.1. The molecule has 4 heteroatoms. The molecule has 4 nitrogen and oxygen atoms in total. The van der Waals surface area contributed by atoms with Crippen LogP contribution in [0.3, 0.4) is 0 Å². The van der Waals surface area contributed by atoms with Gasteiger partial charge in [-0.3, -0.25) is 9.69 Å². The first kappa shape index (κ1) is 25.8. The predicted molar refractivity (Wildman–Crippen MR) is 152 cm³/mol. The number of carbonyl (C=O) groups is 1. The van der Waals surface area contributed by atoms with E-state index in [1.54, 1.807) is 6.92 Å². The lowest BCUT2D eigenvalue weighted by molar-refractivity contribution is -0.137. The molecule has 0 radical (unpaired) electrons. The van der Waals surface area contributed by atoms with Gasteiger partial charge in [0.05, 0.1) is 12.3 Å². The minimum absolute atomic E-state index is 0.00399. The van der Waals surface area contributed by atoms with E-state index in [1.165, 1.54) is 35.1 Å². The number of allylic oxidation sites excluding steroid dienone is 1. The Kier molecular flexibility index (Phi) is 7.67. The number of hydrogen-bond donors (Lipinski definition) is 1. The van der Waals surface area contributed by atoms with Gasteiger partial charge in [0.15, 0.2) is 0 Å². The summed E-state index contributed by atoms with van der Waals surface area (Å²) in [7, 11) is 0. The zero-order chi connectivity index (χ0) is 26.5. The van der Waals surface area contributed by atoms with Crippen LogP contribution in [0.2, 0.25) is 0 Å². The Morgan fingerprint density at radius 3 is 2.55 bits per heavy atom. The molecule has 1 aliphatic carbocycles. The van der Waals surface area contributed by atoms with E-state index in [2.05, 4.69) is 78.3 Å². The number of carboxylic acid groups (broad SMARTS) is 1. The molecule has 1 unspecified atom stereocenters. The zero-order valence-corrected chi connectivity index (χ0v) is 22.2. The van der Waals surface area contributed by atoms with Crippen molar-refractivity contribution in [3.8, 4) is 17.6 Å². The third-order valence-corrected chi connectivity index (χ3v) is 8.01. The number of rotatable bonds is 8. The summed E-state index contributed by atoms with van der Waals surface area (Å²) < 4.78 is 6.03. The van der Waals surface area contributed by atoms with Crippen LogP contribution in [0, 0.1) is 18.8 Å². The fourth-order valence-electron chi connectivity index (χ4n) is 5.81. The summed E-state index contributed by atoms with van der Waals surface area (Å²) in [5.41, 5.74) is 7.82. The van der Waals surface area contributed by atoms with Crippen LogP contribution in [-0.2, 0) is 23.4 Å². The van der Waals surface area contributed by atoms with Crippen molar-refractivity contribution < 1.29 is 14.6 Å². The summed E-state index contributed by atoms with van der Waals surface area (Å²) in [5.74, 6) is 5.43. The van der Waals surface area contributed by atoms with E-state index in [-0.39, 0.29) is 17.8 Å². The number of ether oxygens (including phenoxy) is 1. The topological polar surface area (TPSA) is 49.8 Å². The minimum Gasteiger partial charge on any atom is -0.489 e. The van der Waals surface area contributed by atoms with Gasteiger partial charge in [-0.05, 0) is 85.3 Å². The van der Waals surface area contributed by atoms with Crippen LogP contribution in [0.4, 0.5) is 0 Å². The van der Waals surface area contributed by atoms with Gasteiger partial charge in [0.25, 0.3) is 0 Å². The molecule has 0 aromatic heterocycles. The molecule has 1 aliphatic heterocycles. The van der Waals surface area contributed by atoms with Crippen LogP contribution < -0.4 is 4.74 Å².